The summed E-state index contributed by atoms with van der Waals surface area (Å²) >= 11 is 1.82. The van der Waals surface area contributed by atoms with E-state index in [1.54, 1.807) is 0 Å². The molecule has 6 heteroatoms. The van der Waals surface area contributed by atoms with E-state index in [0.29, 0.717) is 0 Å². The van der Waals surface area contributed by atoms with Crippen LogP contribution in [0.4, 0.5) is 0 Å². The molecule has 17 heavy (non-hydrogen) atoms. The summed E-state index contributed by atoms with van der Waals surface area (Å²) in [6.45, 7) is -0.297. The highest BCUT2D eigenvalue weighted by molar-refractivity contribution is 8.00. The Labute approximate surface area is 105 Å². The smallest absolute Gasteiger partial charge is 0.322 e. The molecular formula is C11H18N2O3S. The van der Waals surface area contributed by atoms with Crippen molar-refractivity contribution in [2.45, 2.75) is 43.0 Å². The fourth-order valence-electron chi connectivity index (χ4n) is 2.48. The Bertz CT molecular complexity index is 316. The van der Waals surface area contributed by atoms with Crippen molar-refractivity contribution in [2.24, 2.45) is 0 Å². The topological polar surface area (TPSA) is 78.4 Å². The van der Waals surface area contributed by atoms with E-state index in [4.69, 9.17) is 5.11 Å². The van der Waals surface area contributed by atoms with Crippen molar-refractivity contribution in [1.29, 1.82) is 0 Å². The van der Waals surface area contributed by atoms with Gasteiger partial charge in [0.2, 0.25) is 5.91 Å². The Hall–Kier alpha value is -0.750. The van der Waals surface area contributed by atoms with Crippen molar-refractivity contribution in [2.75, 3.05) is 12.3 Å². The first-order valence-electron chi connectivity index (χ1n) is 6.02. The molecule has 1 aliphatic carbocycles. The second-order valence-electron chi connectivity index (χ2n) is 4.67. The van der Waals surface area contributed by atoms with Crippen molar-refractivity contribution in [3.8, 4) is 0 Å². The lowest BCUT2D eigenvalue weighted by molar-refractivity contribution is -0.138. The fraction of sp³-hybridized carbons (Fsp3) is 0.818. The normalized spacial score (nSPS) is 26.9. The second kappa shape index (κ2) is 5.27. The summed E-state index contributed by atoms with van der Waals surface area (Å²) in [5.74, 6) is -0.454. The lowest BCUT2D eigenvalue weighted by atomic mass is 9.94. The third kappa shape index (κ3) is 3.13. The molecule has 96 valence electrons. The number of hydrogen-bond acceptors (Lipinski definition) is 4. The highest BCUT2D eigenvalue weighted by Gasteiger charge is 2.42. The van der Waals surface area contributed by atoms with Gasteiger partial charge < -0.3 is 10.4 Å². The Morgan fingerprint density at radius 2 is 2.06 bits per heavy atom. The molecule has 0 aromatic carbocycles. The summed E-state index contributed by atoms with van der Waals surface area (Å²) in [5.41, 5.74) is 0. The number of hydrogen-bond donors (Lipinski definition) is 3. The molecule has 1 amide bonds. The van der Waals surface area contributed by atoms with Crippen LogP contribution < -0.4 is 10.6 Å². The van der Waals surface area contributed by atoms with Gasteiger partial charge in [0.05, 0.1) is 10.9 Å². The molecule has 1 spiro atoms. The Morgan fingerprint density at radius 3 is 2.71 bits per heavy atom. The van der Waals surface area contributed by atoms with Gasteiger partial charge in [0.25, 0.3) is 0 Å². The van der Waals surface area contributed by atoms with E-state index in [9.17, 15) is 9.59 Å². The average molecular weight is 258 g/mol. The van der Waals surface area contributed by atoms with Gasteiger partial charge in [0, 0.05) is 5.75 Å². The zero-order chi connectivity index (χ0) is 12.3. The van der Waals surface area contributed by atoms with Gasteiger partial charge in [-0.1, -0.05) is 19.3 Å². The third-order valence-corrected chi connectivity index (χ3v) is 4.93. The number of carboxylic acids is 1. The first-order valence-corrected chi connectivity index (χ1v) is 7.01. The van der Waals surface area contributed by atoms with Crippen LogP contribution in [0.5, 0.6) is 0 Å². The number of carboxylic acid groups (broad SMARTS) is 1. The van der Waals surface area contributed by atoms with E-state index in [-0.39, 0.29) is 23.4 Å². The Morgan fingerprint density at radius 1 is 1.35 bits per heavy atom. The largest absolute Gasteiger partial charge is 0.480 e. The first kappa shape index (κ1) is 12.7. The molecule has 1 atom stereocenters. The van der Waals surface area contributed by atoms with E-state index in [1.165, 1.54) is 19.3 Å². The fourth-order valence-corrected chi connectivity index (χ4v) is 4.01. The molecule has 1 saturated carbocycles. The van der Waals surface area contributed by atoms with Gasteiger partial charge in [0.1, 0.15) is 6.54 Å². The zero-order valence-corrected chi connectivity index (χ0v) is 10.5. The number of carbonyl (C=O) groups is 2. The molecule has 0 radical (unpaired) electrons. The Balaban J connectivity index is 1.84. The summed E-state index contributed by atoms with van der Waals surface area (Å²) in [6, 6.07) is -0.238. The summed E-state index contributed by atoms with van der Waals surface area (Å²) in [6.07, 6.45) is 5.92. The van der Waals surface area contributed by atoms with Crippen LogP contribution in [0.3, 0.4) is 0 Å². The minimum atomic E-state index is -1.00. The molecule has 2 fully saturated rings. The van der Waals surface area contributed by atoms with Crippen molar-refractivity contribution < 1.29 is 14.7 Å². The molecule has 5 nitrogen and oxygen atoms in total. The highest BCUT2D eigenvalue weighted by Crippen LogP contribution is 2.42. The molecule has 0 bridgehead atoms. The quantitative estimate of drug-likeness (QED) is 0.689. The summed E-state index contributed by atoms with van der Waals surface area (Å²) in [5, 5.41) is 14.3. The molecule has 3 N–H and O–H groups in total. The zero-order valence-electron chi connectivity index (χ0n) is 9.70. The first-order chi connectivity index (χ1) is 8.11. The molecule has 0 aromatic rings. The number of amides is 1. The van der Waals surface area contributed by atoms with Crippen LogP contribution in [0.15, 0.2) is 0 Å². The van der Waals surface area contributed by atoms with Crippen LogP contribution in [0.25, 0.3) is 0 Å². The van der Waals surface area contributed by atoms with Crippen LogP contribution in [0.2, 0.25) is 0 Å². The van der Waals surface area contributed by atoms with E-state index < -0.39 is 5.97 Å². The summed E-state index contributed by atoms with van der Waals surface area (Å²) < 4.78 is 0. The van der Waals surface area contributed by atoms with E-state index in [1.807, 2.05) is 11.8 Å². The van der Waals surface area contributed by atoms with Crippen LogP contribution in [0, 0.1) is 0 Å². The van der Waals surface area contributed by atoms with Gasteiger partial charge in [0.15, 0.2) is 0 Å². The maximum Gasteiger partial charge on any atom is 0.322 e. The van der Waals surface area contributed by atoms with Crippen LogP contribution in [-0.4, -0.2) is 40.2 Å². The predicted octanol–water partition coefficient (Wildman–Crippen LogP) is 0.553. The highest BCUT2D eigenvalue weighted by atomic mass is 32.2. The van der Waals surface area contributed by atoms with Gasteiger partial charge in [-0.15, -0.1) is 11.8 Å². The van der Waals surface area contributed by atoms with Gasteiger partial charge in [-0.25, -0.2) is 0 Å². The van der Waals surface area contributed by atoms with E-state index in [2.05, 4.69) is 10.6 Å². The lowest BCUT2D eigenvalue weighted by Crippen LogP contribution is -2.50. The third-order valence-electron chi connectivity index (χ3n) is 3.36. The van der Waals surface area contributed by atoms with Crippen LogP contribution >= 0.6 is 11.8 Å². The minimum Gasteiger partial charge on any atom is -0.480 e. The number of carbonyl (C=O) groups excluding carboxylic acids is 1. The molecule has 0 aromatic heterocycles. The summed E-state index contributed by atoms with van der Waals surface area (Å²) in [4.78, 5) is 22.2. The van der Waals surface area contributed by atoms with Crippen molar-refractivity contribution in [3.63, 3.8) is 0 Å². The molecule has 1 heterocycles. The molecular weight excluding hydrogens is 240 g/mol. The molecule has 1 aliphatic heterocycles. The monoisotopic (exact) mass is 258 g/mol. The van der Waals surface area contributed by atoms with Crippen molar-refractivity contribution in [3.05, 3.63) is 0 Å². The van der Waals surface area contributed by atoms with Gasteiger partial charge >= 0.3 is 5.97 Å². The van der Waals surface area contributed by atoms with Gasteiger partial charge in [-0.05, 0) is 12.8 Å². The van der Waals surface area contributed by atoms with Gasteiger partial charge in [-0.2, -0.15) is 0 Å². The van der Waals surface area contributed by atoms with E-state index >= 15 is 0 Å². The predicted molar refractivity (Wildman–Crippen MR) is 65.8 cm³/mol. The standard InChI is InChI=1S/C11H18N2O3S/c14-9(15)6-12-10(16)8-7-17-11(13-8)4-2-1-3-5-11/h8,13H,1-7H2,(H,12,16)(H,14,15). The summed E-state index contributed by atoms with van der Waals surface area (Å²) in [7, 11) is 0. The maximum atomic E-state index is 11.7. The number of rotatable bonds is 3. The lowest BCUT2D eigenvalue weighted by Gasteiger charge is -2.33. The minimum absolute atomic E-state index is 0.0729. The van der Waals surface area contributed by atoms with Crippen molar-refractivity contribution >= 4 is 23.6 Å². The van der Waals surface area contributed by atoms with Crippen LogP contribution in [0.1, 0.15) is 32.1 Å². The number of thioether (sulfide) groups is 1. The molecule has 2 aliphatic rings. The maximum absolute atomic E-state index is 11.7. The molecule has 2 rings (SSSR count). The van der Waals surface area contributed by atoms with Crippen LogP contribution in [-0.2, 0) is 9.59 Å². The number of aliphatic carboxylic acids is 1. The SMILES string of the molecule is O=C(O)CNC(=O)C1CSC2(CCCCC2)N1. The Kier molecular flexibility index (Phi) is 3.93. The second-order valence-corrected chi connectivity index (χ2v) is 6.08. The van der Waals surface area contributed by atoms with Crippen molar-refractivity contribution in [1.82, 2.24) is 10.6 Å². The van der Waals surface area contributed by atoms with E-state index in [0.717, 1.165) is 18.6 Å². The molecule has 1 saturated heterocycles. The van der Waals surface area contributed by atoms with Gasteiger partial charge in [-0.3, -0.25) is 14.9 Å². The molecule has 1 unspecified atom stereocenters. The average Bonchev–Trinajstić information content (AvgIpc) is 2.71. The number of nitrogens with one attached hydrogen (secondary N) is 2.